The third-order valence-electron chi connectivity index (χ3n) is 7.34. The van der Waals surface area contributed by atoms with Gasteiger partial charge in [-0.15, -0.1) is 0 Å². The first-order valence-corrected chi connectivity index (χ1v) is 16.1. The minimum Gasteiger partial charge on any atom is -0.386 e. The minimum absolute atomic E-state index is 0.134. The van der Waals surface area contributed by atoms with Crippen LogP contribution in [0.3, 0.4) is 0 Å². The molecular weight excluding hydrogens is 669 g/mol. The molecule has 7 heterocycles. The lowest BCUT2D eigenvalue weighted by Gasteiger charge is -2.27. The van der Waals surface area contributed by atoms with Gasteiger partial charge in [-0.1, -0.05) is 0 Å². The van der Waals surface area contributed by atoms with Crippen LogP contribution >= 0.6 is 15.6 Å². The largest absolute Gasteiger partial charge is 0.472 e. The van der Waals surface area contributed by atoms with E-state index >= 15 is 4.39 Å². The number of imidazole rings is 2. The standard InChI is InChI=1S/C20H23FN10O13P2/c21-7-11-5(41-17(7)30-3-24-8-13(30)26-19(22)28-15(8)33)1-39-46(37,38)44-12-6(2-40-45(35,36)43-11)42-18(10(12)32)31-4-25-9-14(31)27-20(23)29-16(9)34/h3-7,10-12,17-18,32H,1-2H2,(H,35,36)(H,37,38)(H3,22,26,28,33)(H3,23,27,29,34)/t5?,6-,7-,10-,11-,12-,17-,18-/m1/s1. The molecule has 0 spiro atoms. The molecule has 9 N–H and O–H groups in total. The predicted octanol–water partition coefficient (Wildman–Crippen LogP) is -2.07. The van der Waals surface area contributed by atoms with Crippen molar-refractivity contribution in [3.05, 3.63) is 33.4 Å². The van der Waals surface area contributed by atoms with Gasteiger partial charge in [0, 0.05) is 0 Å². The molecule has 0 radical (unpaired) electrons. The zero-order chi connectivity index (χ0) is 32.7. The molecule has 3 aliphatic rings. The number of fused-ring (bicyclic) bond motifs is 4. The summed E-state index contributed by atoms with van der Waals surface area (Å²) in [5.41, 5.74) is 9.03. The van der Waals surface area contributed by atoms with E-state index in [0.29, 0.717) is 0 Å². The maximum atomic E-state index is 15.9. The quantitative estimate of drug-likeness (QED) is 0.111. The lowest BCUT2D eigenvalue weighted by atomic mass is 10.1. The van der Waals surface area contributed by atoms with Crippen molar-refractivity contribution in [2.24, 2.45) is 0 Å². The van der Waals surface area contributed by atoms with Gasteiger partial charge in [0.15, 0.2) is 41.0 Å². The second-order valence-electron chi connectivity index (χ2n) is 10.3. The molecule has 3 aliphatic heterocycles. The molecule has 3 saturated heterocycles. The van der Waals surface area contributed by atoms with Crippen LogP contribution in [0.15, 0.2) is 22.2 Å². The van der Waals surface area contributed by atoms with Crippen LogP contribution in [0.5, 0.6) is 0 Å². The molecule has 10 atom stereocenters. The SMILES string of the molecule is Nc1nc2c(ncn2[C@@H]2O[C@@H]3COP(=O)(O)O[C@@H]4C(COP(=O)(O)O[C@H]3[C@H]2O)O[C@@H](n2cnc3c(=O)[nH]c(N)nc32)[C@@H]4F)c(=O)[nH]1. The van der Waals surface area contributed by atoms with Crippen molar-refractivity contribution in [1.29, 1.82) is 0 Å². The van der Waals surface area contributed by atoms with Gasteiger partial charge < -0.3 is 35.8 Å². The Bertz CT molecular complexity index is 1910. The number of aromatic nitrogens is 8. The highest BCUT2D eigenvalue weighted by Gasteiger charge is 2.54. The Morgan fingerprint density at radius 2 is 1.28 bits per heavy atom. The number of phosphoric acid groups is 2. The molecule has 0 amide bonds. The van der Waals surface area contributed by atoms with Crippen molar-refractivity contribution < 1.29 is 56.0 Å². The fourth-order valence-electron chi connectivity index (χ4n) is 5.35. The van der Waals surface area contributed by atoms with E-state index < -0.39 is 89.1 Å². The third kappa shape index (κ3) is 5.32. The number of anilines is 2. The van der Waals surface area contributed by atoms with Gasteiger partial charge in [-0.25, -0.2) is 23.5 Å². The Morgan fingerprint density at radius 3 is 1.83 bits per heavy atom. The van der Waals surface area contributed by atoms with Crippen molar-refractivity contribution in [2.75, 3.05) is 24.7 Å². The summed E-state index contributed by atoms with van der Waals surface area (Å²) in [5, 5.41) is 11.1. The van der Waals surface area contributed by atoms with E-state index in [4.69, 9.17) is 39.0 Å². The number of nitrogen functional groups attached to an aromatic ring is 2. The van der Waals surface area contributed by atoms with Crippen molar-refractivity contribution in [2.45, 2.75) is 49.1 Å². The van der Waals surface area contributed by atoms with Crippen molar-refractivity contribution >= 4 is 49.9 Å². The minimum atomic E-state index is -5.18. The van der Waals surface area contributed by atoms with E-state index in [1.165, 1.54) is 0 Å². The van der Waals surface area contributed by atoms with Crippen LogP contribution in [0.25, 0.3) is 22.3 Å². The summed E-state index contributed by atoms with van der Waals surface area (Å²) in [6.07, 6.45) is -12.1. The lowest BCUT2D eigenvalue weighted by Crippen LogP contribution is -2.38. The number of aliphatic hydroxyl groups excluding tert-OH is 1. The number of nitrogens with one attached hydrogen (secondary N) is 2. The zero-order valence-corrected chi connectivity index (χ0v) is 24.5. The van der Waals surface area contributed by atoms with Gasteiger partial charge in [-0.2, -0.15) is 9.97 Å². The van der Waals surface area contributed by atoms with Crippen molar-refractivity contribution in [1.82, 2.24) is 39.0 Å². The van der Waals surface area contributed by atoms with Gasteiger partial charge in [-0.3, -0.25) is 46.8 Å². The van der Waals surface area contributed by atoms with E-state index in [-0.39, 0.29) is 34.2 Å². The third-order valence-corrected chi connectivity index (χ3v) is 9.31. The number of aromatic amines is 2. The topological polar surface area (TPSA) is 329 Å². The number of H-pyrrole nitrogens is 2. The van der Waals surface area contributed by atoms with Crippen molar-refractivity contribution in [3.8, 4) is 0 Å². The summed E-state index contributed by atoms with van der Waals surface area (Å²) in [5.74, 6) is -0.612. The molecular formula is C20H23FN10O13P2. The molecule has 0 aliphatic carbocycles. The lowest BCUT2D eigenvalue weighted by molar-refractivity contribution is -0.0663. The summed E-state index contributed by atoms with van der Waals surface area (Å²) in [4.78, 5) is 65.6. The molecule has 26 heteroatoms. The number of aliphatic hydroxyl groups is 1. The van der Waals surface area contributed by atoms with Crippen molar-refractivity contribution in [3.63, 3.8) is 0 Å². The molecule has 7 rings (SSSR count). The van der Waals surface area contributed by atoms with Gasteiger partial charge in [0.2, 0.25) is 11.9 Å². The van der Waals surface area contributed by atoms with E-state index in [0.717, 1.165) is 21.8 Å². The highest BCUT2D eigenvalue weighted by atomic mass is 31.2. The van der Waals surface area contributed by atoms with Crippen LogP contribution in [-0.4, -0.2) is 104 Å². The molecule has 0 aromatic carbocycles. The maximum absolute atomic E-state index is 15.9. The molecule has 4 aromatic heterocycles. The average Bonchev–Trinajstić information content (AvgIpc) is 3.72. The normalized spacial score (nSPS) is 37.1. The van der Waals surface area contributed by atoms with Gasteiger partial charge in [0.25, 0.3) is 11.1 Å². The molecule has 3 fully saturated rings. The fraction of sp³-hybridized carbons (Fsp3) is 0.500. The zero-order valence-electron chi connectivity index (χ0n) is 22.7. The van der Waals surface area contributed by atoms with Crippen LogP contribution in [0.2, 0.25) is 0 Å². The summed E-state index contributed by atoms with van der Waals surface area (Å²) >= 11 is 0. The van der Waals surface area contributed by atoms with Crippen LogP contribution in [0, 0.1) is 0 Å². The number of nitrogens with zero attached hydrogens (tertiary/aromatic N) is 6. The summed E-state index contributed by atoms with van der Waals surface area (Å²) in [6, 6.07) is 0. The number of nitrogens with two attached hydrogens (primary N) is 2. The Morgan fingerprint density at radius 1 is 0.826 bits per heavy atom. The summed E-state index contributed by atoms with van der Waals surface area (Å²) in [7, 11) is -10.3. The Balaban J connectivity index is 1.18. The molecule has 248 valence electrons. The smallest absolute Gasteiger partial charge is 0.386 e. The molecule has 4 aromatic rings. The first-order valence-electron chi connectivity index (χ1n) is 13.1. The Hall–Kier alpha value is -3.67. The van der Waals surface area contributed by atoms with E-state index in [1.807, 2.05) is 0 Å². The average molecular weight is 692 g/mol. The van der Waals surface area contributed by atoms with Crippen LogP contribution in [0.4, 0.5) is 16.3 Å². The number of alkyl halides is 1. The van der Waals surface area contributed by atoms with Crippen LogP contribution in [-0.2, 0) is 36.7 Å². The first-order chi connectivity index (χ1) is 21.7. The number of phosphoric ester groups is 2. The molecule has 23 nitrogen and oxygen atoms in total. The van der Waals surface area contributed by atoms with Gasteiger partial charge >= 0.3 is 15.6 Å². The number of hydrogen-bond acceptors (Lipinski definition) is 17. The molecule has 3 unspecified atom stereocenters. The maximum Gasteiger partial charge on any atom is 0.472 e. The molecule has 0 saturated carbocycles. The summed E-state index contributed by atoms with van der Waals surface area (Å²) in [6.45, 7) is -1.86. The second kappa shape index (κ2) is 11.0. The number of ether oxygens (including phenoxy) is 2. The number of halogens is 1. The highest BCUT2D eigenvalue weighted by molar-refractivity contribution is 7.47. The second-order valence-corrected chi connectivity index (χ2v) is 13.1. The molecule has 46 heavy (non-hydrogen) atoms. The van der Waals surface area contributed by atoms with Gasteiger partial charge in [-0.05, 0) is 0 Å². The number of hydrogen-bond donors (Lipinski definition) is 7. The predicted molar refractivity (Wildman–Crippen MR) is 145 cm³/mol. The number of rotatable bonds is 2. The van der Waals surface area contributed by atoms with Gasteiger partial charge in [0.05, 0.1) is 25.9 Å². The van der Waals surface area contributed by atoms with E-state index in [2.05, 4.69) is 29.9 Å². The van der Waals surface area contributed by atoms with Crippen LogP contribution < -0.4 is 22.6 Å². The molecule has 0 bridgehead atoms. The van der Waals surface area contributed by atoms with Gasteiger partial charge in [0.1, 0.15) is 30.5 Å². The highest BCUT2D eigenvalue weighted by Crippen LogP contribution is 2.54. The van der Waals surface area contributed by atoms with E-state index in [1.54, 1.807) is 0 Å². The fourth-order valence-corrected chi connectivity index (χ4v) is 7.27. The first kappa shape index (κ1) is 31.0. The Labute approximate surface area is 252 Å². The van der Waals surface area contributed by atoms with Crippen LogP contribution in [0.1, 0.15) is 12.5 Å². The summed E-state index contributed by atoms with van der Waals surface area (Å²) < 4.78 is 75.8. The Kier molecular flexibility index (Phi) is 7.37. The van der Waals surface area contributed by atoms with E-state index in [9.17, 15) is 33.6 Å². The monoisotopic (exact) mass is 692 g/mol.